The van der Waals surface area contributed by atoms with E-state index in [9.17, 15) is 4.79 Å². The largest absolute Gasteiger partial charge is 0.493 e. The molecule has 140 valence electrons. The van der Waals surface area contributed by atoms with Crippen molar-refractivity contribution in [1.29, 1.82) is 0 Å². The molecular weight excluding hydrogens is 350 g/mol. The van der Waals surface area contributed by atoms with Crippen molar-refractivity contribution in [3.8, 4) is 11.5 Å². The second-order valence-corrected chi connectivity index (χ2v) is 8.15. The minimum Gasteiger partial charge on any atom is -0.493 e. The molecule has 26 heavy (non-hydrogen) atoms. The first-order chi connectivity index (χ1) is 12.3. The normalized spacial score (nSPS) is 16.6. The Labute approximate surface area is 157 Å². The van der Waals surface area contributed by atoms with Crippen molar-refractivity contribution >= 4 is 22.6 Å². The van der Waals surface area contributed by atoms with E-state index in [0.29, 0.717) is 22.9 Å². The van der Waals surface area contributed by atoms with Gasteiger partial charge in [0.2, 0.25) is 0 Å². The minimum absolute atomic E-state index is 0.0300. The summed E-state index contributed by atoms with van der Waals surface area (Å²) in [6, 6.07) is 5.97. The molecule has 0 radical (unpaired) electrons. The molecule has 0 bridgehead atoms. The molecule has 0 saturated heterocycles. The number of ether oxygens (including phenoxy) is 2. The van der Waals surface area contributed by atoms with Gasteiger partial charge in [0.25, 0.3) is 5.56 Å². The van der Waals surface area contributed by atoms with Gasteiger partial charge in [0.05, 0.1) is 29.1 Å². The fraction of sp³-hybridized carbons (Fsp3) is 0.474. The van der Waals surface area contributed by atoms with Gasteiger partial charge in [0.15, 0.2) is 17.3 Å². The van der Waals surface area contributed by atoms with Crippen LogP contribution in [0, 0.1) is 0 Å². The molecule has 1 aromatic heterocycles. The number of hydrogen-bond acceptors (Lipinski definition) is 5. The van der Waals surface area contributed by atoms with Gasteiger partial charge < -0.3 is 9.47 Å². The smallest absolute Gasteiger partial charge is 0.271 e. The molecule has 0 unspecified atom stereocenters. The number of thioether (sulfide) groups is 1. The Kier molecular flexibility index (Phi) is 5.18. The van der Waals surface area contributed by atoms with Crippen LogP contribution in [0.25, 0.3) is 0 Å². The Hall–Kier alpha value is -2.15. The van der Waals surface area contributed by atoms with E-state index in [1.165, 1.54) is 0 Å². The van der Waals surface area contributed by atoms with Gasteiger partial charge in [-0.1, -0.05) is 17.8 Å². The lowest BCUT2D eigenvalue weighted by Crippen LogP contribution is -2.14. The summed E-state index contributed by atoms with van der Waals surface area (Å²) in [7, 11) is 1.62. The first-order valence-corrected chi connectivity index (χ1v) is 9.60. The van der Waals surface area contributed by atoms with Crippen LogP contribution in [0.1, 0.15) is 57.0 Å². The molecule has 1 N–H and O–H groups in total. The maximum absolute atomic E-state index is 12.7. The fourth-order valence-corrected chi connectivity index (χ4v) is 4.11. The van der Waals surface area contributed by atoms with Gasteiger partial charge in [-0.25, -0.2) is 4.99 Å². The van der Waals surface area contributed by atoms with Crippen molar-refractivity contribution < 1.29 is 9.47 Å². The van der Waals surface area contributed by atoms with Crippen molar-refractivity contribution in [3.63, 3.8) is 0 Å². The Bertz CT molecular complexity index is 896. The van der Waals surface area contributed by atoms with Crippen molar-refractivity contribution in [2.75, 3.05) is 7.11 Å². The van der Waals surface area contributed by atoms with E-state index in [4.69, 9.17) is 9.47 Å². The van der Waals surface area contributed by atoms with E-state index < -0.39 is 0 Å². The molecule has 7 heteroatoms. The lowest BCUT2D eigenvalue weighted by molar-refractivity contribution is 0.230. The van der Waals surface area contributed by atoms with Crippen LogP contribution in [-0.4, -0.2) is 28.0 Å². The number of hydrogen-bond donors (Lipinski definition) is 1. The van der Waals surface area contributed by atoms with Crippen LogP contribution < -0.4 is 15.0 Å². The molecule has 0 fully saturated rings. The highest BCUT2D eigenvalue weighted by molar-refractivity contribution is 8.14. The van der Waals surface area contributed by atoms with Crippen molar-refractivity contribution in [2.24, 2.45) is 4.99 Å². The third kappa shape index (κ3) is 3.40. The van der Waals surface area contributed by atoms with Gasteiger partial charge in [0, 0.05) is 6.04 Å². The average molecular weight is 375 g/mol. The maximum atomic E-state index is 12.7. The first-order valence-electron chi connectivity index (χ1n) is 8.72. The van der Waals surface area contributed by atoms with Gasteiger partial charge in [0.1, 0.15) is 0 Å². The number of methoxy groups -OCH3 is 1. The predicted octanol–water partition coefficient (Wildman–Crippen LogP) is 4.44. The summed E-state index contributed by atoms with van der Waals surface area (Å²) in [6.07, 6.45) is 0.0300. The fourth-order valence-electron chi connectivity index (χ4n) is 3.02. The summed E-state index contributed by atoms with van der Waals surface area (Å²) in [5, 5.41) is 3.73. The molecule has 0 saturated carbocycles. The Morgan fingerprint density at radius 3 is 2.58 bits per heavy atom. The maximum Gasteiger partial charge on any atom is 0.271 e. The number of rotatable bonds is 5. The summed E-state index contributed by atoms with van der Waals surface area (Å²) in [5.74, 6) is 2.08. The Morgan fingerprint density at radius 2 is 1.96 bits per heavy atom. The molecule has 0 amide bonds. The van der Waals surface area contributed by atoms with Crippen LogP contribution in [0.15, 0.2) is 28.0 Å². The number of aromatic nitrogens is 2. The van der Waals surface area contributed by atoms with Crippen molar-refractivity contribution in [3.05, 3.63) is 39.7 Å². The van der Waals surface area contributed by atoms with E-state index in [-0.39, 0.29) is 23.0 Å². The zero-order chi connectivity index (χ0) is 19.0. The molecule has 1 aliphatic heterocycles. The molecule has 1 aromatic carbocycles. The highest BCUT2D eigenvalue weighted by atomic mass is 32.2. The molecule has 1 atom stereocenters. The van der Waals surface area contributed by atoms with Crippen molar-refractivity contribution in [1.82, 2.24) is 9.78 Å². The standard InChI is InChI=1S/C19H25N3O3S/c1-10(2)22-18-16(19(23)21-22)17(26-12(5)20-18)13-7-8-14(24-6)15(9-13)25-11(3)4/h7-11,17H,1-6H3,(H,21,23)/t17-/m1/s1. The Balaban J connectivity index is 2.12. The third-order valence-corrected chi connectivity index (χ3v) is 5.30. The number of nitrogens with zero attached hydrogens (tertiary/aromatic N) is 2. The molecule has 0 spiro atoms. The lowest BCUT2D eigenvalue weighted by Gasteiger charge is -2.23. The van der Waals surface area contributed by atoms with Crippen LogP contribution >= 0.6 is 11.8 Å². The summed E-state index contributed by atoms with van der Waals surface area (Å²) in [4.78, 5) is 17.3. The molecule has 2 aromatic rings. The monoisotopic (exact) mass is 375 g/mol. The second kappa shape index (κ2) is 7.23. The molecular formula is C19H25N3O3S. The summed E-state index contributed by atoms with van der Waals surface area (Å²) >= 11 is 1.58. The van der Waals surface area contributed by atoms with Crippen LogP contribution in [-0.2, 0) is 0 Å². The van der Waals surface area contributed by atoms with Gasteiger partial charge in [-0.15, -0.1) is 0 Å². The van der Waals surface area contributed by atoms with Crippen LogP contribution in [0.2, 0.25) is 0 Å². The molecule has 6 nitrogen and oxygen atoms in total. The highest BCUT2D eigenvalue weighted by Gasteiger charge is 2.31. The Morgan fingerprint density at radius 1 is 1.23 bits per heavy atom. The minimum atomic E-state index is -0.133. The lowest BCUT2D eigenvalue weighted by atomic mass is 10.1. The third-order valence-electron chi connectivity index (χ3n) is 4.12. The highest BCUT2D eigenvalue weighted by Crippen LogP contribution is 2.45. The number of nitrogens with one attached hydrogen (secondary N) is 1. The zero-order valence-corrected chi connectivity index (χ0v) is 16.8. The van der Waals surface area contributed by atoms with E-state index in [1.54, 1.807) is 18.9 Å². The molecule has 0 aliphatic carbocycles. The van der Waals surface area contributed by atoms with Crippen LogP contribution in [0.3, 0.4) is 0 Å². The van der Waals surface area contributed by atoms with Gasteiger partial charge in [-0.05, 0) is 52.3 Å². The average Bonchev–Trinajstić information content (AvgIpc) is 2.90. The number of aromatic amines is 1. The molecule has 1 aliphatic rings. The van der Waals surface area contributed by atoms with E-state index in [0.717, 1.165) is 10.6 Å². The van der Waals surface area contributed by atoms with E-state index in [1.807, 2.05) is 57.5 Å². The van der Waals surface area contributed by atoms with E-state index in [2.05, 4.69) is 10.1 Å². The summed E-state index contributed by atoms with van der Waals surface area (Å²) in [5.41, 5.74) is 1.59. The summed E-state index contributed by atoms with van der Waals surface area (Å²) < 4.78 is 13.1. The number of H-pyrrole nitrogens is 1. The predicted molar refractivity (Wildman–Crippen MR) is 106 cm³/mol. The quantitative estimate of drug-likeness (QED) is 0.839. The SMILES string of the molecule is COc1ccc([C@H]2SC(C)=Nc3c2c(=O)[nH]n3C(C)C)cc1OC(C)C. The number of fused-ring (bicyclic) bond motifs is 1. The van der Waals surface area contributed by atoms with Crippen LogP contribution in [0.4, 0.5) is 5.82 Å². The van der Waals surface area contributed by atoms with Gasteiger partial charge in [-0.2, -0.15) is 0 Å². The molecule has 2 heterocycles. The number of benzene rings is 1. The van der Waals surface area contributed by atoms with E-state index >= 15 is 0 Å². The van der Waals surface area contributed by atoms with Crippen molar-refractivity contribution in [2.45, 2.75) is 52.0 Å². The zero-order valence-electron chi connectivity index (χ0n) is 16.0. The first kappa shape index (κ1) is 18.6. The van der Waals surface area contributed by atoms with Gasteiger partial charge in [-0.3, -0.25) is 14.6 Å². The topological polar surface area (TPSA) is 68.6 Å². The second-order valence-electron chi connectivity index (χ2n) is 6.85. The number of aliphatic imine (C=N–C) groups is 1. The summed E-state index contributed by atoms with van der Waals surface area (Å²) in [6.45, 7) is 9.98. The van der Waals surface area contributed by atoms with Gasteiger partial charge >= 0.3 is 0 Å². The van der Waals surface area contributed by atoms with Crippen LogP contribution in [0.5, 0.6) is 11.5 Å². The molecule has 3 rings (SSSR count).